The molecule has 0 amide bonds. The Morgan fingerprint density at radius 1 is 1.14 bits per heavy atom. The van der Waals surface area contributed by atoms with Crippen molar-refractivity contribution in [1.29, 1.82) is 0 Å². The number of nitrogens with zero attached hydrogens (tertiary/aromatic N) is 2. The van der Waals surface area contributed by atoms with Crippen LogP contribution in [-0.4, -0.2) is 23.2 Å². The van der Waals surface area contributed by atoms with Crippen LogP contribution in [-0.2, 0) is 0 Å². The largest absolute Gasteiger partial charge is 0.367 e. The summed E-state index contributed by atoms with van der Waals surface area (Å²) in [6.45, 7) is 1.11. The Labute approximate surface area is 77.6 Å². The summed E-state index contributed by atoms with van der Waals surface area (Å²) in [5.41, 5.74) is 3.35. The summed E-state index contributed by atoms with van der Waals surface area (Å²) in [6, 6.07) is 0. The van der Waals surface area contributed by atoms with E-state index in [2.05, 4.69) is 10.6 Å². The van der Waals surface area contributed by atoms with E-state index in [4.69, 9.17) is 0 Å². The van der Waals surface area contributed by atoms with Gasteiger partial charge in [-0.05, 0) is 0 Å². The topological polar surface area (TPSA) is 134 Å². The fraction of sp³-hybridized carbons (Fsp3) is 0.500. The molecule has 1 heterocycles. The highest BCUT2D eigenvalue weighted by molar-refractivity contribution is 5.08. The zero-order valence-electron chi connectivity index (χ0n) is 6.94. The van der Waals surface area contributed by atoms with Gasteiger partial charge >= 0.3 is 0 Å². The number of rotatable bonds is 4. The molecule has 1 saturated heterocycles. The molecule has 0 unspecified atom stereocenters. The van der Waals surface area contributed by atoms with Crippen LogP contribution < -0.4 is 21.5 Å². The minimum Gasteiger partial charge on any atom is -0.367 e. The van der Waals surface area contributed by atoms with E-state index < -0.39 is 10.1 Å². The minimum absolute atomic E-state index is 0.207. The van der Waals surface area contributed by atoms with E-state index in [-0.39, 0.29) is 11.6 Å². The van der Waals surface area contributed by atoms with E-state index in [1.807, 2.05) is 0 Å². The molecule has 1 rings (SSSR count). The van der Waals surface area contributed by atoms with Gasteiger partial charge in [-0.15, -0.1) is 0 Å². The van der Waals surface area contributed by atoms with Crippen molar-refractivity contribution in [2.75, 3.05) is 13.1 Å². The van der Waals surface area contributed by atoms with Crippen molar-refractivity contribution in [1.82, 2.24) is 21.5 Å². The van der Waals surface area contributed by atoms with Crippen molar-refractivity contribution < 1.29 is 10.1 Å². The van der Waals surface area contributed by atoms with Crippen molar-refractivity contribution in [2.24, 2.45) is 0 Å². The fourth-order valence-electron chi connectivity index (χ4n) is 0.934. The standard InChI is InChI=1S/C4H8N6O4/c11-9(12)7-4(8-10(13)14)3-5-1-2-6-3/h5-8H,1-2H2. The van der Waals surface area contributed by atoms with E-state index >= 15 is 0 Å². The molecule has 0 spiro atoms. The zero-order valence-corrected chi connectivity index (χ0v) is 6.94. The second-order valence-corrected chi connectivity index (χ2v) is 2.34. The van der Waals surface area contributed by atoms with Crippen LogP contribution in [0.15, 0.2) is 11.6 Å². The van der Waals surface area contributed by atoms with E-state index in [1.54, 1.807) is 10.9 Å². The molecule has 14 heavy (non-hydrogen) atoms. The molecule has 1 aliphatic heterocycles. The summed E-state index contributed by atoms with van der Waals surface area (Å²) < 4.78 is 0. The van der Waals surface area contributed by atoms with Gasteiger partial charge < -0.3 is 10.6 Å². The molecule has 0 aliphatic carbocycles. The van der Waals surface area contributed by atoms with E-state index in [9.17, 15) is 20.2 Å². The first-order chi connectivity index (χ1) is 6.59. The van der Waals surface area contributed by atoms with Gasteiger partial charge in [-0.25, -0.2) is 20.2 Å². The number of hydrogen-bond donors (Lipinski definition) is 4. The molecule has 0 saturated carbocycles. The molecule has 0 atom stereocenters. The molecule has 0 aromatic rings. The molecule has 10 nitrogen and oxygen atoms in total. The Hall–Kier alpha value is -2.26. The second-order valence-electron chi connectivity index (χ2n) is 2.34. The number of hydrogen-bond acceptors (Lipinski definition) is 6. The molecule has 0 aromatic carbocycles. The highest BCUT2D eigenvalue weighted by Gasteiger charge is 2.18. The maximum absolute atomic E-state index is 10.1. The summed E-state index contributed by atoms with van der Waals surface area (Å²) in [7, 11) is 0. The quantitative estimate of drug-likeness (QED) is 0.301. The molecule has 1 fully saturated rings. The van der Waals surface area contributed by atoms with E-state index in [0.29, 0.717) is 13.1 Å². The lowest BCUT2D eigenvalue weighted by atomic mass is 10.6. The molecular formula is C4H8N6O4. The Balaban J connectivity index is 2.74. The molecule has 1 aliphatic rings. The van der Waals surface area contributed by atoms with Gasteiger partial charge in [-0.3, -0.25) is 0 Å². The first-order valence-electron chi connectivity index (χ1n) is 3.63. The van der Waals surface area contributed by atoms with Crippen LogP contribution in [0.1, 0.15) is 0 Å². The first kappa shape index (κ1) is 9.83. The normalized spacial score (nSPS) is 13.9. The molecule has 0 bridgehead atoms. The number of nitro groups is 2. The monoisotopic (exact) mass is 204 g/mol. The summed E-state index contributed by atoms with van der Waals surface area (Å²) in [4.78, 5) is 20.2. The number of nitrogens with one attached hydrogen (secondary N) is 4. The van der Waals surface area contributed by atoms with Crippen LogP contribution in [0.3, 0.4) is 0 Å². The van der Waals surface area contributed by atoms with Gasteiger partial charge in [-0.1, -0.05) is 10.9 Å². The van der Waals surface area contributed by atoms with Gasteiger partial charge in [0, 0.05) is 13.1 Å². The lowest BCUT2D eigenvalue weighted by molar-refractivity contribution is -0.568. The average Bonchev–Trinajstić information content (AvgIpc) is 2.52. The van der Waals surface area contributed by atoms with E-state index in [1.165, 1.54) is 0 Å². The first-order valence-corrected chi connectivity index (χ1v) is 3.63. The Morgan fingerprint density at radius 2 is 1.57 bits per heavy atom. The van der Waals surface area contributed by atoms with Crippen LogP contribution in [0.5, 0.6) is 0 Å². The lowest BCUT2D eigenvalue weighted by Gasteiger charge is -2.04. The van der Waals surface area contributed by atoms with Crippen molar-refractivity contribution in [3.8, 4) is 0 Å². The van der Waals surface area contributed by atoms with Crippen LogP contribution in [0.2, 0.25) is 0 Å². The molecule has 4 N–H and O–H groups in total. The Bertz CT molecular complexity index is 262. The van der Waals surface area contributed by atoms with Gasteiger partial charge in [0.25, 0.3) is 5.82 Å². The third-order valence-electron chi connectivity index (χ3n) is 1.38. The second kappa shape index (κ2) is 4.11. The SMILES string of the molecule is O=[N+]([O-])NC(N[N+](=O)[O-])=C1NCCN1. The van der Waals surface area contributed by atoms with Crippen molar-refractivity contribution >= 4 is 0 Å². The zero-order chi connectivity index (χ0) is 10.6. The maximum atomic E-state index is 10.1. The smallest absolute Gasteiger partial charge is 0.267 e. The summed E-state index contributed by atoms with van der Waals surface area (Å²) in [5, 5.41) is 23.8. The summed E-state index contributed by atoms with van der Waals surface area (Å²) in [5.74, 6) is -0.115. The average molecular weight is 204 g/mol. The fourth-order valence-corrected chi connectivity index (χ4v) is 0.934. The van der Waals surface area contributed by atoms with Gasteiger partial charge in [0.1, 0.15) is 0 Å². The Morgan fingerprint density at radius 3 is 1.93 bits per heavy atom. The van der Waals surface area contributed by atoms with Crippen LogP contribution in [0.4, 0.5) is 0 Å². The van der Waals surface area contributed by atoms with E-state index in [0.717, 1.165) is 0 Å². The molecular weight excluding hydrogens is 196 g/mol. The Kier molecular flexibility index (Phi) is 2.89. The van der Waals surface area contributed by atoms with Crippen LogP contribution in [0.25, 0.3) is 0 Å². The van der Waals surface area contributed by atoms with Crippen molar-refractivity contribution in [3.05, 3.63) is 31.9 Å². The van der Waals surface area contributed by atoms with Gasteiger partial charge in [0.05, 0.1) is 0 Å². The predicted molar refractivity (Wildman–Crippen MR) is 43.3 cm³/mol. The lowest BCUT2D eigenvalue weighted by Crippen LogP contribution is -2.38. The molecule has 0 aromatic heterocycles. The number of hydrazine groups is 2. The summed E-state index contributed by atoms with van der Waals surface area (Å²) in [6.07, 6.45) is 0. The van der Waals surface area contributed by atoms with Crippen LogP contribution in [0, 0.1) is 20.2 Å². The third kappa shape index (κ3) is 2.66. The van der Waals surface area contributed by atoms with Crippen LogP contribution >= 0.6 is 0 Å². The van der Waals surface area contributed by atoms with Crippen molar-refractivity contribution in [2.45, 2.75) is 0 Å². The summed E-state index contributed by atoms with van der Waals surface area (Å²) >= 11 is 0. The molecule has 10 heteroatoms. The predicted octanol–water partition coefficient (Wildman–Crippen LogP) is -2.13. The van der Waals surface area contributed by atoms with Gasteiger partial charge in [-0.2, -0.15) is 0 Å². The van der Waals surface area contributed by atoms with Crippen molar-refractivity contribution in [3.63, 3.8) is 0 Å². The van der Waals surface area contributed by atoms with Gasteiger partial charge in [0.2, 0.25) is 0 Å². The maximum Gasteiger partial charge on any atom is 0.267 e. The highest BCUT2D eigenvalue weighted by Crippen LogP contribution is 1.94. The molecule has 78 valence electrons. The highest BCUT2D eigenvalue weighted by atomic mass is 16.7. The minimum atomic E-state index is -0.888. The van der Waals surface area contributed by atoms with Gasteiger partial charge in [0.15, 0.2) is 15.9 Å². The third-order valence-corrected chi connectivity index (χ3v) is 1.38. The molecule has 0 radical (unpaired) electrons.